The van der Waals surface area contributed by atoms with E-state index in [2.05, 4.69) is 10.3 Å². The first-order chi connectivity index (χ1) is 8.11. The van der Waals surface area contributed by atoms with Crippen molar-refractivity contribution in [3.63, 3.8) is 0 Å². The van der Waals surface area contributed by atoms with Crippen LogP contribution in [0.2, 0.25) is 0 Å². The van der Waals surface area contributed by atoms with Crippen LogP contribution in [0.4, 0.5) is 6.01 Å². The van der Waals surface area contributed by atoms with Crippen LogP contribution < -0.4 is 5.32 Å². The highest BCUT2D eigenvalue weighted by molar-refractivity contribution is 7.98. The van der Waals surface area contributed by atoms with E-state index >= 15 is 0 Å². The van der Waals surface area contributed by atoms with Gasteiger partial charge in [-0.3, -0.25) is 0 Å². The number of aromatic nitrogens is 1. The van der Waals surface area contributed by atoms with E-state index in [-0.39, 0.29) is 0 Å². The Balaban J connectivity index is 2.04. The van der Waals surface area contributed by atoms with E-state index < -0.39 is 5.60 Å². The van der Waals surface area contributed by atoms with Crippen molar-refractivity contribution in [2.45, 2.75) is 12.5 Å². The predicted octanol–water partition coefficient (Wildman–Crippen LogP) is 2.35. The maximum atomic E-state index is 10.00. The minimum absolute atomic E-state index is 0.417. The lowest BCUT2D eigenvalue weighted by Gasteiger charge is -2.21. The molecule has 1 unspecified atom stereocenters. The fourth-order valence-corrected chi connectivity index (χ4v) is 2.30. The van der Waals surface area contributed by atoms with E-state index in [4.69, 9.17) is 4.42 Å². The number of benzene rings is 1. The van der Waals surface area contributed by atoms with E-state index in [0.29, 0.717) is 18.3 Å². The van der Waals surface area contributed by atoms with Crippen LogP contribution in [0.15, 0.2) is 28.7 Å². The number of aliphatic hydroxyl groups is 1. The van der Waals surface area contributed by atoms with E-state index in [1.807, 2.05) is 30.5 Å². The molecule has 0 radical (unpaired) electrons. The van der Waals surface area contributed by atoms with Crippen LogP contribution in [0.1, 0.15) is 6.92 Å². The Morgan fingerprint density at radius 3 is 2.94 bits per heavy atom. The number of nitrogens with zero attached hydrogens (tertiary/aromatic N) is 1. The Bertz CT molecular complexity index is 463. The van der Waals surface area contributed by atoms with Gasteiger partial charge in [-0.05, 0) is 25.3 Å². The van der Waals surface area contributed by atoms with Crippen molar-refractivity contribution < 1.29 is 9.52 Å². The molecule has 5 heteroatoms. The SMILES string of the molecule is CSCC(C)(O)CNc1nc2ccccc2o1. The molecule has 2 rings (SSSR count). The Morgan fingerprint density at radius 2 is 2.24 bits per heavy atom. The summed E-state index contributed by atoms with van der Waals surface area (Å²) >= 11 is 1.61. The lowest BCUT2D eigenvalue weighted by atomic mass is 10.1. The quantitative estimate of drug-likeness (QED) is 0.855. The van der Waals surface area contributed by atoms with Crippen molar-refractivity contribution in [2.75, 3.05) is 23.9 Å². The molecule has 2 aromatic rings. The summed E-state index contributed by atoms with van der Waals surface area (Å²) in [5.74, 6) is 0.667. The van der Waals surface area contributed by atoms with Gasteiger partial charge >= 0.3 is 0 Å². The van der Waals surface area contributed by atoms with Crippen LogP contribution in [0.5, 0.6) is 0 Å². The lowest BCUT2D eigenvalue weighted by molar-refractivity contribution is 0.0991. The zero-order chi connectivity index (χ0) is 12.3. The zero-order valence-corrected chi connectivity index (χ0v) is 10.8. The van der Waals surface area contributed by atoms with Crippen LogP contribution in [0, 0.1) is 0 Å². The topological polar surface area (TPSA) is 58.3 Å². The molecular formula is C12H16N2O2S. The molecule has 2 N–H and O–H groups in total. The number of hydrogen-bond acceptors (Lipinski definition) is 5. The molecule has 1 atom stereocenters. The monoisotopic (exact) mass is 252 g/mol. The largest absolute Gasteiger partial charge is 0.424 e. The van der Waals surface area contributed by atoms with E-state index in [9.17, 15) is 5.11 Å². The number of thioether (sulfide) groups is 1. The third kappa shape index (κ3) is 3.14. The smallest absolute Gasteiger partial charge is 0.295 e. The summed E-state index contributed by atoms with van der Waals surface area (Å²) in [5.41, 5.74) is 0.805. The van der Waals surface area contributed by atoms with Gasteiger partial charge in [0.1, 0.15) is 5.52 Å². The van der Waals surface area contributed by atoms with Crippen LogP contribution in [-0.2, 0) is 0 Å². The van der Waals surface area contributed by atoms with Crippen molar-refractivity contribution >= 4 is 28.9 Å². The maximum Gasteiger partial charge on any atom is 0.295 e. The number of rotatable bonds is 5. The predicted molar refractivity (Wildman–Crippen MR) is 71.5 cm³/mol. The average molecular weight is 252 g/mol. The molecular weight excluding hydrogens is 236 g/mol. The molecule has 0 amide bonds. The highest BCUT2D eigenvalue weighted by atomic mass is 32.2. The second-order valence-electron chi connectivity index (χ2n) is 4.27. The number of nitrogens with one attached hydrogen (secondary N) is 1. The number of para-hydroxylation sites is 2. The molecule has 0 aliphatic rings. The summed E-state index contributed by atoms with van der Waals surface area (Å²) in [7, 11) is 0. The van der Waals surface area contributed by atoms with Gasteiger partial charge in [-0.1, -0.05) is 12.1 Å². The Hall–Kier alpha value is -1.20. The van der Waals surface area contributed by atoms with Gasteiger partial charge < -0.3 is 14.8 Å². The zero-order valence-electron chi connectivity index (χ0n) is 9.93. The van der Waals surface area contributed by atoms with E-state index in [0.717, 1.165) is 11.1 Å². The van der Waals surface area contributed by atoms with Crippen LogP contribution in [-0.4, -0.2) is 34.2 Å². The first-order valence-electron chi connectivity index (χ1n) is 5.41. The first-order valence-corrected chi connectivity index (χ1v) is 6.81. The number of hydrogen-bond donors (Lipinski definition) is 2. The number of fused-ring (bicyclic) bond motifs is 1. The molecule has 1 heterocycles. The Morgan fingerprint density at radius 1 is 1.47 bits per heavy atom. The van der Waals surface area contributed by atoms with Gasteiger partial charge in [-0.2, -0.15) is 16.7 Å². The molecule has 1 aromatic heterocycles. The Kier molecular flexibility index (Phi) is 3.59. The molecule has 0 fully saturated rings. The molecule has 1 aromatic carbocycles. The minimum atomic E-state index is -0.764. The van der Waals surface area contributed by atoms with Gasteiger partial charge in [0.25, 0.3) is 6.01 Å². The molecule has 0 saturated carbocycles. The average Bonchev–Trinajstić information content (AvgIpc) is 2.69. The van der Waals surface area contributed by atoms with Gasteiger partial charge in [-0.25, -0.2) is 0 Å². The normalized spacial score (nSPS) is 14.8. The Labute approximate surface area is 104 Å². The van der Waals surface area contributed by atoms with E-state index in [1.54, 1.807) is 18.7 Å². The maximum absolute atomic E-state index is 10.00. The summed E-state index contributed by atoms with van der Waals surface area (Å²) in [6, 6.07) is 8.03. The second kappa shape index (κ2) is 4.98. The fourth-order valence-electron chi connectivity index (χ4n) is 1.58. The van der Waals surface area contributed by atoms with Crippen molar-refractivity contribution in [3.8, 4) is 0 Å². The van der Waals surface area contributed by atoms with E-state index in [1.165, 1.54) is 0 Å². The molecule has 4 nitrogen and oxygen atoms in total. The van der Waals surface area contributed by atoms with Crippen molar-refractivity contribution in [1.29, 1.82) is 0 Å². The summed E-state index contributed by atoms with van der Waals surface area (Å²) in [6.45, 7) is 2.21. The molecule has 0 saturated heterocycles. The first kappa shape index (κ1) is 12.3. The summed E-state index contributed by atoms with van der Waals surface area (Å²) in [6.07, 6.45) is 1.97. The van der Waals surface area contributed by atoms with Crippen LogP contribution in [0.3, 0.4) is 0 Å². The second-order valence-corrected chi connectivity index (χ2v) is 5.14. The van der Waals surface area contributed by atoms with Gasteiger partial charge in [0.05, 0.1) is 5.60 Å². The van der Waals surface area contributed by atoms with Crippen molar-refractivity contribution in [2.24, 2.45) is 0 Å². The molecule has 0 aliphatic carbocycles. The fraction of sp³-hybridized carbons (Fsp3) is 0.417. The molecule has 0 bridgehead atoms. The molecule has 92 valence electrons. The van der Waals surface area contributed by atoms with Gasteiger partial charge in [0, 0.05) is 12.3 Å². The van der Waals surface area contributed by atoms with Crippen molar-refractivity contribution in [3.05, 3.63) is 24.3 Å². The number of oxazole rings is 1. The summed E-state index contributed by atoms with van der Waals surface area (Å²) in [5, 5.41) is 13.0. The van der Waals surface area contributed by atoms with Crippen LogP contribution in [0.25, 0.3) is 11.1 Å². The minimum Gasteiger partial charge on any atom is -0.424 e. The third-order valence-corrected chi connectivity index (χ3v) is 3.28. The van der Waals surface area contributed by atoms with Gasteiger partial charge in [0.15, 0.2) is 5.58 Å². The highest BCUT2D eigenvalue weighted by Crippen LogP contribution is 2.19. The summed E-state index contributed by atoms with van der Waals surface area (Å²) in [4.78, 5) is 4.28. The van der Waals surface area contributed by atoms with Gasteiger partial charge in [-0.15, -0.1) is 0 Å². The molecule has 17 heavy (non-hydrogen) atoms. The van der Waals surface area contributed by atoms with Crippen molar-refractivity contribution in [1.82, 2.24) is 4.98 Å². The summed E-state index contributed by atoms with van der Waals surface area (Å²) < 4.78 is 5.50. The molecule has 0 aliphatic heterocycles. The highest BCUT2D eigenvalue weighted by Gasteiger charge is 2.20. The lowest BCUT2D eigenvalue weighted by Crippen LogP contribution is -2.36. The third-order valence-electron chi connectivity index (χ3n) is 2.37. The van der Waals surface area contributed by atoms with Crippen LogP contribution >= 0.6 is 11.8 Å². The standard InChI is InChI=1S/C12H16N2O2S/c1-12(15,8-17-2)7-13-11-14-9-5-3-4-6-10(9)16-11/h3-6,15H,7-8H2,1-2H3,(H,13,14). The van der Waals surface area contributed by atoms with Gasteiger partial charge in [0.2, 0.25) is 0 Å². The number of anilines is 1. The molecule has 0 spiro atoms.